The first-order valence-corrected chi connectivity index (χ1v) is 7.25. The van der Waals surface area contributed by atoms with Crippen LogP contribution in [0.5, 0.6) is 0 Å². The van der Waals surface area contributed by atoms with Crippen LogP contribution in [0.15, 0.2) is 0 Å². The van der Waals surface area contributed by atoms with E-state index in [9.17, 15) is 4.79 Å². The maximum Gasteiger partial charge on any atom is 0.220 e. The zero-order chi connectivity index (χ0) is 13.0. The molecule has 2 fully saturated rings. The van der Waals surface area contributed by atoms with Crippen molar-refractivity contribution in [1.29, 1.82) is 0 Å². The van der Waals surface area contributed by atoms with Gasteiger partial charge in [-0.05, 0) is 44.4 Å². The zero-order valence-electron chi connectivity index (χ0n) is 11.4. The first-order chi connectivity index (χ1) is 8.67. The van der Waals surface area contributed by atoms with Gasteiger partial charge < -0.3 is 15.8 Å². The molecular formula is C14H26N2O2. The van der Waals surface area contributed by atoms with Crippen molar-refractivity contribution in [2.75, 3.05) is 7.11 Å². The van der Waals surface area contributed by atoms with Gasteiger partial charge in [0.25, 0.3) is 0 Å². The number of methoxy groups -OCH3 is 1. The third-order valence-corrected chi connectivity index (χ3v) is 4.38. The Bertz CT molecular complexity index is 283. The van der Waals surface area contributed by atoms with Crippen molar-refractivity contribution in [3.05, 3.63) is 0 Å². The van der Waals surface area contributed by atoms with Crippen molar-refractivity contribution in [3.63, 3.8) is 0 Å². The molecule has 4 atom stereocenters. The van der Waals surface area contributed by atoms with Crippen LogP contribution in [0.2, 0.25) is 0 Å². The molecule has 2 aliphatic carbocycles. The van der Waals surface area contributed by atoms with Crippen molar-refractivity contribution < 1.29 is 9.53 Å². The van der Waals surface area contributed by atoms with E-state index in [-0.39, 0.29) is 5.91 Å². The van der Waals surface area contributed by atoms with Gasteiger partial charge in [-0.15, -0.1) is 0 Å². The molecule has 104 valence electrons. The highest BCUT2D eigenvalue weighted by molar-refractivity contribution is 5.76. The van der Waals surface area contributed by atoms with Crippen molar-refractivity contribution in [2.24, 2.45) is 11.7 Å². The van der Waals surface area contributed by atoms with Gasteiger partial charge in [0.05, 0.1) is 6.10 Å². The summed E-state index contributed by atoms with van der Waals surface area (Å²) in [6.07, 6.45) is 8.53. The largest absolute Gasteiger partial charge is 0.381 e. The highest BCUT2D eigenvalue weighted by atomic mass is 16.5. The second-order valence-electron chi connectivity index (χ2n) is 5.93. The summed E-state index contributed by atoms with van der Waals surface area (Å²) in [6, 6.07) is 0.626. The smallest absolute Gasteiger partial charge is 0.220 e. The predicted molar refractivity (Wildman–Crippen MR) is 71.1 cm³/mol. The van der Waals surface area contributed by atoms with Gasteiger partial charge in [0.2, 0.25) is 5.91 Å². The average molecular weight is 254 g/mol. The Morgan fingerprint density at radius 3 is 2.78 bits per heavy atom. The molecule has 18 heavy (non-hydrogen) atoms. The van der Waals surface area contributed by atoms with E-state index in [1.807, 2.05) is 0 Å². The molecule has 0 aromatic carbocycles. The predicted octanol–water partition coefficient (Wildman–Crippen LogP) is 1.58. The van der Waals surface area contributed by atoms with E-state index in [1.165, 1.54) is 6.42 Å². The summed E-state index contributed by atoms with van der Waals surface area (Å²) in [7, 11) is 1.75. The lowest BCUT2D eigenvalue weighted by atomic mass is 9.84. The van der Waals surface area contributed by atoms with Gasteiger partial charge in [0, 0.05) is 25.6 Å². The molecule has 0 bridgehead atoms. The molecule has 0 radical (unpaired) electrons. The first kappa shape index (κ1) is 13.8. The van der Waals surface area contributed by atoms with Crippen LogP contribution in [0.3, 0.4) is 0 Å². The van der Waals surface area contributed by atoms with Crippen LogP contribution >= 0.6 is 0 Å². The Morgan fingerprint density at radius 2 is 2.11 bits per heavy atom. The Labute approximate surface area is 110 Å². The van der Waals surface area contributed by atoms with Crippen LogP contribution in [0, 0.1) is 5.92 Å². The number of hydrogen-bond donors (Lipinski definition) is 2. The van der Waals surface area contributed by atoms with E-state index >= 15 is 0 Å². The molecule has 0 heterocycles. The fraction of sp³-hybridized carbons (Fsp3) is 0.929. The van der Waals surface area contributed by atoms with Crippen molar-refractivity contribution in [2.45, 2.75) is 69.6 Å². The van der Waals surface area contributed by atoms with Crippen molar-refractivity contribution in [3.8, 4) is 0 Å². The van der Waals surface area contributed by atoms with Gasteiger partial charge >= 0.3 is 0 Å². The summed E-state index contributed by atoms with van der Waals surface area (Å²) in [6.45, 7) is 0. The first-order valence-electron chi connectivity index (χ1n) is 7.25. The Morgan fingerprint density at radius 1 is 1.28 bits per heavy atom. The van der Waals surface area contributed by atoms with Crippen LogP contribution in [-0.2, 0) is 9.53 Å². The number of amides is 1. The number of rotatable bonds is 4. The van der Waals surface area contributed by atoms with E-state index in [0.29, 0.717) is 30.5 Å². The minimum Gasteiger partial charge on any atom is -0.381 e. The van der Waals surface area contributed by atoms with E-state index in [0.717, 1.165) is 38.5 Å². The Hall–Kier alpha value is -0.610. The number of carbonyl (C=O) groups is 1. The van der Waals surface area contributed by atoms with Gasteiger partial charge in [-0.3, -0.25) is 4.79 Å². The lowest BCUT2D eigenvalue weighted by molar-refractivity contribution is -0.123. The molecule has 0 aromatic heterocycles. The molecule has 1 amide bonds. The van der Waals surface area contributed by atoms with E-state index < -0.39 is 0 Å². The maximum absolute atomic E-state index is 12.0. The molecule has 0 aliphatic heterocycles. The van der Waals surface area contributed by atoms with Crippen LogP contribution in [0.1, 0.15) is 51.4 Å². The second kappa shape index (κ2) is 6.53. The molecule has 3 N–H and O–H groups in total. The minimum absolute atomic E-state index is 0.204. The number of nitrogens with one attached hydrogen (secondary N) is 1. The third kappa shape index (κ3) is 3.95. The summed E-state index contributed by atoms with van der Waals surface area (Å²) < 4.78 is 5.32. The molecule has 2 aliphatic rings. The second-order valence-corrected chi connectivity index (χ2v) is 5.93. The number of ether oxygens (including phenoxy) is 1. The molecular weight excluding hydrogens is 228 g/mol. The fourth-order valence-corrected chi connectivity index (χ4v) is 3.35. The van der Waals surface area contributed by atoms with Gasteiger partial charge in [-0.2, -0.15) is 0 Å². The third-order valence-electron chi connectivity index (χ3n) is 4.38. The number of hydrogen-bond acceptors (Lipinski definition) is 3. The molecule has 4 heteroatoms. The highest BCUT2D eigenvalue weighted by Crippen LogP contribution is 2.26. The Kier molecular flexibility index (Phi) is 5.01. The topological polar surface area (TPSA) is 64.3 Å². The summed E-state index contributed by atoms with van der Waals surface area (Å²) in [5.41, 5.74) is 5.95. The normalized spacial score (nSPS) is 36.6. The van der Waals surface area contributed by atoms with Crippen LogP contribution in [0.25, 0.3) is 0 Å². The lowest BCUT2D eigenvalue weighted by Crippen LogP contribution is -2.36. The van der Waals surface area contributed by atoms with Gasteiger partial charge in [0.15, 0.2) is 0 Å². The maximum atomic E-state index is 12.0. The van der Waals surface area contributed by atoms with Crippen LogP contribution in [-0.4, -0.2) is 31.2 Å². The van der Waals surface area contributed by atoms with Crippen LogP contribution in [0.4, 0.5) is 0 Å². The SMILES string of the molecule is COC1CCC(NC(=O)CC2CCCC(N)C2)C1. The standard InChI is InChI=1S/C14H26N2O2/c1-18-13-6-5-12(9-13)16-14(17)8-10-3-2-4-11(15)7-10/h10-13H,2-9,15H2,1H3,(H,16,17). The fourth-order valence-electron chi connectivity index (χ4n) is 3.35. The van der Waals surface area contributed by atoms with E-state index in [2.05, 4.69) is 5.32 Å². The average Bonchev–Trinajstić information content (AvgIpc) is 2.76. The van der Waals surface area contributed by atoms with Crippen molar-refractivity contribution in [1.82, 2.24) is 5.32 Å². The molecule has 4 nitrogen and oxygen atoms in total. The van der Waals surface area contributed by atoms with Gasteiger partial charge in [0.1, 0.15) is 0 Å². The lowest BCUT2D eigenvalue weighted by Gasteiger charge is -2.26. The quantitative estimate of drug-likeness (QED) is 0.800. The number of carbonyl (C=O) groups excluding carboxylic acids is 1. The van der Waals surface area contributed by atoms with Crippen molar-refractivity contribution >= 4 is 5.91 Å². The molecule has 0 saturated heterocycles. The molecule has 2 rings (SSSR count). The van der Waals surface area contributed by atoms with E-state index in [1.54, 1.807) is 7.11 Å². The van der Waals surface area contributed by atoms with Crippen LogP contribution < -0.4 is 11.1 Å². The number of nitrogens with two attached hydrogens (primary N) is 1. The van der Waals surface area contributed by atoms with Gasteiger partial charge in [-0.25, -0.2) is 0 Å². The summed E-state index contributed by atoms with van der Waals surface area (Å²) in [5, 5.41) is 3.15. The van der Waals surface area contributed by atoms with E-state index in [4.69, 9.17) is 10.5 Å². The van der Waals surface area contributed by atoms with Gasteiger partial charge in [-0.1, -0.05) is 6.42 Å². The molecule has 0 spiro atoms. The summed E-state index contributed by atoms with van der Waals surface area (Å²) in [4.78, 5) is 12.0. The summed E-state index contributed by atoms with van der Waals surface area (Å²) >= 11 is 0. The summed E-state index contributed by atoms with van der Waals surface area (Å²) in [5.74, 6) is 0.698. The molecule has 0 aromatic rings. The molecule has 2 saturated carbocycles. The monoisotopic (exact) mass is 254 g/mol. The zero-order valence-corrected chi connectivity index (χ0v) is 11.4. The Balaban J connectivity index is 1.69. The molecule has 4 unspecified atom stereocenters. The minimum atomic E-state index is 0.204. The highest BCUT2D eigenvalue weighted by Gasteiger charge is 2.27.